The lowest BCUT2D eigenvalue weighted by atomic mass is 9.49. The molecule has 2 unspecified atom stereocenters. The van der Waals surface area contributed by atoms with Gasteiger partial charge in [0.25, 0.3) is 0 Å². The number of fused-ring (bicyclic) bond motifs is 2. The summed E-state index contributed by atoms with van der Waals surface area (Å²) in [6.07, 6.45) is 12.2. The molecule has 0 radical (unpaired) electrons. The van der Waals surface area contributed by atoms with Gasteiger partial charge in [-0.1, -0.05) is 23.2 Å². The van der Waals surface area contributed by atoms with Crippen LogP contribution in [-0.2, 0) is 28.1 Å². The van der Waals surface area contributed by atoms with Crippen molar-refractivity contribution in [3.05, 3.63) is 124 Å². The Morgan fingerprint density at radius 3 is 1.40 bits per heavy atom. The van der Waals surface area contributed by atoms with Gasteiger partial charge in [-0.25, -0.2) is 28.1 Å². The van der Waals surface area contributed by atoms with Crippen LogP contribution in [0.4, 0.5) is 8.78 Å². The second-order valence-corrected chi connectivity index (χ2v) is 23.9. The van der Waals surface area contributed by atoms with Gasteiger partial charge in [-0.3, -0.25) is 9.97 Å². The summed E-state index contributed by atoms with van der Waals surface area (Å²) in [5, 5.41) is 29.2. The van der Waals surface area contributed by atoms with Gasteiger partial charge < -0.3 is 38.1 Å². The summed E-state index contributed by atoms with van der Waals surface area (Å²) in [4.78, 5) is 18.0. The molecule has 2 aromatic carbocycles. The second kappa shape index (κ2) is 23.2. The minimum Gasteiger partial charge on any atom is -0.423 e. The Labute approximate surface area is 482 Å². The van der Waals surface area contributed by atoms with E-state index in [1.54, 1.807) is 46.0 Å². The van der Waals surface area contributed by atoms with Crippen LogP contribution in [0.15, 0.2) is 102 Å². The second-order valence-electron chi connectivity index (χ2n) is 22.1. The Balaban J connectivity index is 0.000000140. The van der Waals surface area contributed by atoms with Gasteiger partial charge in [0.1, 0.15) is 35.5 Å². The Morgan fingerprint density at radius 1 is 0.562 bits per heavy atom. The summed E-state index contributed by atoms with van der Waals surface area (Å²) in [7, 11) is -2.60. The Morgan fingerprint density at radius 2 is 0.988 bits per heavy atom. The van der Waals surface area contributed by atoms with Crippen LogP contribution in [0, 0.1) is 11.6 Å². The highest BCUT2D eigenvalue weighted by Crippen LogP contribution is 2.44. The number of rotatable bonds is 8. The highest BCUT2D eigenvalue weighted by molar-refractivity contribution is 9.10. The van der Waals surface area contributed by atoms with Crippen molar-refractivity contribution in [3.63, 3.8) is 0 Å². The predicted molar refractivity (Wildman–Crippen MR) is 310 cm³/mol. The first-order valence-electron chi connectivity index (χ1n) is 26.6. The number of halogens is 5. The maximum atomic E-state index is 14.8. The third kappa shape index (κ3) is 12.3. The molecule has 0 amide bonds. The van der Waals surface area contributed by atoms with Crippen molar-refractivity contribution in [2.24, 2.45) is 0 Å². The lowest BCUT2D eigenvalue weighted by Gasteiger charge is -2.32. The van der Waals surface area contributed by atoms with E-state index in [0.717, 1.165) is 54.0 Å². The highest BCUT2D eigenvalue weighted by atomic mass is 79.9. The summed E-state index contributed by atoms with van der Waals surface area (Å²) < 4.78 is 69.4. The van der Waals surface area contributed by atoms with Gasteiger partial charge in [0, 0.05) is 80.2 Å². The van der Waals surface area contributed by atoms with Crippen LogP contribution in [0.5, 0.6) is 0 Å². The van der Waals surface area contributed by atoms with E-state index in [-0.39, 0.29) is 51.7 Å². The average molecular weight is 1190 g/mol. The van der Waals surface area contributed by atoms with Gasteiger partial charge in [-0.15, -0.1) is 0 Å². The zero-order chi connectivity index (χ0) is 56.9. The number of hydrogen-bond acceptors (Lipinski definition) is 14. The van der Waals surface area contributed by atoms with Gasteiger partial charge in [-0.05, 0) is 183 Å². The summed E-state index contributed by atoms with van der Waals surface area (Å²) in [6.45, 7) is 17.5. The van der Waals surface area contributed by atoms with Gasteiger partial charge >= 0.3 is 21.1 Å². The molecule has 4 aliphatic rings. The van der Waals surface area contributed by atoms with E-state index in [4.69, 9.17) is 61.4 Å². The number of hydrogen-bond donors (Lipinski definition) is 2. The number of nitrogens with zero attached hydrogens (tertiary/aromatic N) is 8. The maximum absolute atomic E-state index is 14.8. The molecule has 0 bridgehead atoms. The molecule has 2 atom stereocenters. The smallest absolute Gasteiger partial charge is 0.423 e. The average Bonchev–Trinajstić information content (AvgIpc) is 4.23. The van der Waals surface area contributed by atoms with Crippen molar-refractivity contribution in [2.45, 2.75) is 129 Å². The first-order chi connectivity index (χ1) is 38.0. The van der Waals surface area contributed by atoms with E-state index < -0.39 is 27.0 Å². The Bertz CT molecular complexity index is 3500. The predicted octanol–water partition coefficient (Wildman–Crippen LogP) is 12.0. The van der Waals surface area contributed by atoms with E-state index in [1.807, 2.05) is 79.8 Å². The first-order valence-corrected chi connectivity index (χ1v) is 28.1. The van der Waals surface area contributed by atoms with Crippen LogP contribution < -0.4 is 5.46 Å². The molecule has 4 aliphatic heterocycles. The van der Waals surface area contributed by atoms with Crippen LogP contribution in [-0.4, -0.2) is 106 Å². The molecule has 16 nitrogen and oxygen atoms in total. The van der Waals surface area contributed by atoms with Gasteiger partial charge in [0.05, 0.1) is 55.9 Å². The van der Waals surface area contributed by atoms with E-state index in [0.29, 0.717) is 73.8 Å². The minimum atomic E-state index is -1.65. The minimum absolute atomic E-state index is 0.176. The fraction of sp³-hybridized carbons (Fsp3) is 0.393. The molecule has 24 heteroatoms. The van der Waals surface area contributed by atoms with Crippen LogP contribution in [0.2, 0.25) is 10.0 Å². The van der Waals surface area contributed by atoms with Gasteiger partial charge in [0.15, 0.2) is 0 Å². The lowest BCUT2D eigenvalue weighted by Crippen LogP contribution is -2.41. The van der Waals surface area contributed by atoms with Crippen LogP contribution >= 0.6 is 39.1 Å². The number of ether oxygens (including phenoxy) is 2. The van der Waals surface area contributed by atoms with E-state index in [2.05, 4.69) is 36.0 Å². The van der Waals surface area contributed by atoms with Gasteiger partial charge in [-0.2, -0.15) is 10.2 Å². The quantitative estimate of drug-likeness (QED) is 0.137. The molecular weight excluding hydrogens is 1130 g/mol. The normalized spacial score (nSPS) is 20.1. The first kappa shape index (κ1) is 58.0. The van der Waals surface area contributed by atoms with Crippen molar-refractivity contribution in [1.82, 2.24) is 39.5 Å². The number of aromatic nitrogens is 8. The van der Waals surface area contributed by atoms with Crippen molar-refractivity contribution in [3.8, 4) is 45.0 Å². The molecular formula is C56H60B3BrCl2F2N8O8. The summed E-state index contributed by atoms with van der Waals surface area (Å²) in [5.74, 6) is -0.834. The van der Waals surface area contributed by atoms with E-state index >= 15 is 0 Å². The molecule has 6 aromatic heterocycles. The fourth-order valence-corrected chi connectivity index (χ4v) is 10.2. The zero-order valence-corrected chi connectivity index (χ0v) is 48.7. The van der Waals surface area contributed by atoms with Crippen LogP contribution in [0.3, 0.4) is 0 Å². The van der Waals surface area contributed by atoms with Crippen molar-refractivity contribution >= 4 is 87.8 Å². The molecule has 4 saturated heterocycles. The molecule has 0 spiro atoms. The molecule has 4 fully saturated rings. The zero-order valence-electron chi connectivity index (χ0n) is 45.6. The van der Waals surface area contributed by atoms with Crippen molar-refractivity contribution < 1.29 is 46.9 Å². The topological polar surface area (TPSA) is 183 Å². The highest BCUT2D eigenvalue weighted by Gasteiger charge is 2.63. The van der Waals surface area contributed by atoms with E-state index in [1.165, 1.54) is 36.5 Å². The molecule has 80 heavy (non-hydrogen) atoms. The molecule has 0 aliphatic carbocycles. The van der Waals surface area contributed by atoms with Gasteiger partial charge in [0.2, 0.25) is 0 Å². The Hall–Kier alpha value is -5.23. The standard InChI is InChI=1S/C22H19BClFN4O3.C22H17BrClFN4O.C12H24B2O4/c24-14-4-5-17(25)15(10-14)22-16(12-29(28-22)21-3-1-2-8-32-21)18-6-7-19-20(27-18)9-13(11-26-19)23(30)31;23-13-9-20-19(26-11-13)7-6-18(27-20)16-12-29(21-3-1-2-8-30-21)28-22(16)15-10-14(24)4-5-17(15)25;1-9(2)10(3,4)16-13(15-9)14-17-11(5,6)12(7,8)18-14/h4-7,9-12,21,30-31H,1-3,8H2;4-7,9-12,21H,1-3,8H2;1-8H3. The summed E-state index contributed by atoms with van der Waals surface area (Å²) in [6, 6.07) is 19.6. The van der Waals surface area contributed by atoms with E-state index in [9.17, 15) is 18.8 Å². The molecule has 2 N–H and O–H groups in total. The molecule has 8 aromatic rings. The Kier molecular flexibility index (Phi) is 16.8. The fourth-order valence-electron chi connectivity index (χ4n) is 9.52. The monoisotopic (exact) mass is 1190 g/mol. The van der Waals surface area contributed by atoms with Crippen LogP contribution in [0.25, 0.3) is 67.1 Å². The summed E-state index contributed by atoms with van der Waals surface area (Å²) in [5.41, 5.74) is 5.41. The van der Waals surface area contributed by atoms with Crippen molar-refractivity contribution in [1.29, 1.82) is 0 Å². The number of pyridine rings is 4. The third-order valence-electron chi connectivity index (χ3n) is 15.4. The molecule has 10 heterocycles. The lowest BCUT2D eigenvalue weighted by molar-refractivity contribution is -0.0394. The SMILES string of the molecule is CC1(C)OB(B2OC(C)(C)C(C)(C)O2)OC1(C)C.Fc1ccc(Cl)cc1-c1nn(C2CCCCO2)cc1-c1ccc2ncc(Br)cc2n1.OB(O)c1cnc2ccc(-c3cn(C4CCCCO4)nc3-c3cc(Cl)ccc3F)nc2c1. The molecule has 0 saturated carbocycles. The maximum Gasteiger partial charge on any atom is 0.490 e. The third-order valence-corrected chi connectivity index (χ3v) is 16.3. The molecule has 12 rings (SSSR count). The number of benzene rings is 2. The van der Waals surface area contributed by atoms with Crippen molar-refractivity contribution in [2.75, 3.05) is 13.2 Å². The van der Waals surface area contributed by atoms with Crippen LogP contribution in [0.1, 0.15) is 106 Å². The summed E-state index contributed by atoms with van der Waals surface area (Å²) >= 11 is 15.7. The largest absolute Gasteiger partial charge is 0.490 e. The molecule has 416 valence electrons.